The Morgan fingerprint density at radius 2 is 1.88 bits per heavy atom. The summed E-state index contributed by atoms with van der Waals surface area (Å²) in [5.41, 5.74) is 4.72. The maximum Gasteiger partial charge on any atom is 0.291 e. The van der Waals surface area contributed by atoms with E-state index in [4.69, 9.17) is 0 Å². The summed E-state index contributed by atoms with van der Waals surface area (Å²) in [6.45, 7) is 1.66. The first kappa shape index (κ1) is 18.1. The van der Waals surface area contributed by atoms with E-state index >= 15 is 0 Å². The predicted molar refractivity (Wildman–Crippen MR) is 96.6 cm³/mol. The quantitative estimate of drug-likeness (QED) is 0.615. The lowest BCUT2D eigenvalue weighted by Gasteiger charge is -2.13. The van der Waals surface area contributed by atoms with Gasteiger partial charge in [-0.25, -0.2) is 10.4 Å². The van der Waals surface area contributed by atoms with Crippen molar-refractivity contribution in [1.29, 1.82) is 0 Å². The predicted octanol–water partition coefficient (Wildman–Crippen LogP) is 1.68. The van der Waals surface area contributed by atoms with Crippen molar-refractivity contribution in [1.82, 2.24) is 15.4 Å². The minimum absolute atomic E-state index is 0.0657. The molecule has 8 nitrogen and oxygen atoms in total. The second-order valence-electron chi connectivity index (χ2n) is 5.54. The van der Waals surface area contributed by atoms with Crippen molar-refractivity contribution in [2.45, 2.75) is 13.3 Å². The number of nitrogens with zero attached hydrogens (tertiary/aromatic N) is 4. The van der Waals surface area contributed by atoms with Gasteiger partial charge in [-0.3, -0.25) is 14.6 Å². The molecule has 25 heavy (non-hydrogen) atoms. The second-order valence-corrected chi connectivity index (χ2v) is 5.54. The first-order valence-corrected chi connectivity index (χ1v) is 7.62. The van der Waals surface area contributed by atoms with Crippen LogP contribution < -0.4 is 15.6 Å². The van der Waals surface area contributed by atoms with Gasteiger partial charge in [-0.15, -0.1) is 0 Å². The number of anilines is 2. The smallest absolute Gasteiger partial charge is 0.291 e. The van der Waals surface area contributed by atoms with E-state index in [9.17, 15) is 9.59 Å². The van der Waals surface area contributed by atoms with Gasteiger partial charge < -0.3 is 10.2 Å². The lowest BCUT2D eigenvalue weighted by Crippen LogP contribution is -2.22. The van der Waals surface area contributed by atoms with Gasteiger partial charge in [0, 0.05) is 43.6 Å². The van der Waals surface area contributed by atoms with Crippen LogP contribution >= 0.6 is 0 Å². The van der Waals surface area contributed by atoms with Crippen LogP contribution in [0.4, 0.5) is 11.4 Å². The van der Waals surface area contributed by atoms with E-state index in [2.05, 4.69) is 25.8 Å². The topological polar surface area (TPSA) is 99.6 Å². The zero-order chi connectivity index (χ0) is 18.2. The van der Waals surface area contributed by atoms with E-state index < -0.39 is 5.91 Å². The molecule has 2 amide bonds. The highest BCUT2D eigenvalue weighted by Gasteiger charge is 2.08. The van der Waals surface area contributed by atoms with E-state index in [0.717, 1.165) is 5.69 Å². The minimum Gasteiger partial charge on any atom is -0.378 e. The molecule has 0 unspecified atom stereocenters. The monoisotopic (exact) mass is 340 g/mol. The van der Waals surface area contributed by atoms with Gasteiger partial charge in [-0.2, -0.15) is 5.10 Å². The molecule has 1 heterocycles. The minimum atomic E-state index is -0.480. The van der Waals surface area contributed by atoms with Gasteiger partial charge in [0.15, 0.2) is 0 Å². The maximum atomic E-state index is 12.0. The fourth-order valence-electron chi connectivity index (χ4n) is 1.94. The lowest BCUT2D eigenvalue weighted by atomic mass is 10.2. The Bertz CT molecular complexity index is 756. The second kappa shape index (κ2) is 8.53. The molecule has 0 bridgehead atoms. The van der Waals surface area contributed by atoms with Crippen molar-refractivity contribution in [3.05, 3.63) is 48.5 Å². The van der Waals surface area contributed by atoms with E-state index in [0.29, 0.717) is 11.4 Å². The molecule has 0 atom stereocenters. The highest BCUT2D eigenvalue weighted by molar-refractivity contribution is 6.06. The van der Waals surface area contributed by atoms with Gasteiger partial charge in [0.2, 0.25) is 5.91 Å². The molecule has 2 rings (SSSR count). The van der Waals surface area contributed by atoms with Crippen LogP contribution in [0.25, 0.3) is 0 Å². The van der Waals surface area contributed by atoms with Gasteiger partial charge in [0.05, 0.1) is 12.6 Å². The molecule has 0 radical (unpaired) electrons. The van der Waals surface area contributed by atoms with Crippen molar-refractivity contribution in [2.75, 3.05) is 24.3 Å². The normalized spacial score (nSPS) is 10.9. The summed E-state index contributed by atoms with van der Waals surface area (Å²) in [4.78, 5) is 33.5. The Kier molecular flexibility index (Phi) is 6.16. The third-order valence-electron chi connectivity index (χ3n) is 3.23. The van der Waals surface area contributed by atoms with Gasteiger partial charge in [0.25, 0.3) is 5.91 Å². The molecule has 0 fully saturated rings. The summed E-state index contributed by atoms with van der Waals surface area (Å²) < 4.78 is 0. The molecule has 2 aromatic rings. The Morgan fingerprint density at radius 1 is 1.16 bits per heavy atom. The molecule has 0 saturated heterocycles. The van der Waals surface area contributed by atoms with Crippen molar-refractivity contribution < 1.29 is 9.59 Å². The SMILES string of the molecule is CC(CC(=O)Nc1ccc(N(C)C)cc1)=NNC(=O)c1cnccn1. The zero-order valence-corrected chi connectivity index (χ0v) is 14.4. The first-order chi connectivity index (χ1) is 12.0. The molecule has 8 heteroatoms. The molecular weight excluding hydrogens is 320 g/mol. The summed E-state index contributed by atoms with van der Waals surface area (Å²) in [5, 5.41) is 6.69. The number of carbonyl (C=O) groups excluding carboxylic acids is 2. The maximum absolute atomic E-state index is 12.0. The molecule has 1 aromatic carbocycles. The van der Waals surface area contributed by atoms with E-state index in [1.54, 1.807) is 6.92 Å². The number of carbonyl (C=O) groups is 2. The molecule has 0 aliphatic heterocycles. The summed E-state index contributed by atoms with van der Waals surface area (Å²) in [6.07, 6.45) is 4.29. The largest absolute Gasteiger partial charge is 0.378 e. The molecule has 130 valence electrons. The average molecular weight is 340 g/mol. The summed E-state index contributed by atoms with van der Waals surface area (Å²) in [5.74, 6) is -0.695. The van der Waals surface area contributed by atoms with E-state index in [1.807, 2.05) is 43.3 Å². The fourth-order valence-corrected chi connectivity index (χ4v) is 1.94. The van der Waals surface area contributed by atoms with Crippen LogP contribution in [0, 0.1) is 0 Å². The molecule has 0 aliphatic rings. The Labute approximate surface area is 146 Å². The van der Waals surface area contributed by atoms with Crippen molar-refractivity contribution in [3.63, 3.8) is 0 Å². The Morgan fingerprint density at radius 3 is 2.48 bits per heavy atom. The number of benzene rings is 1. The van der Waals surface area contributed by atoms with Crippen LogP contribution in [-0.4, -0.2) is 41.6 Å². The number of hydrogen-bond donors (Lipinski definition) is 2. The Balaban J connectivity index is 1.85. The van der Waals surface area contributed by atoms with E-state index in [-0.39, 0.29) is 18.0 Å². The van der Waals surface area contributed by atoms with Crippen LogP contribution in [0.1, 0.15) is 23.8 Å². The van der Waals surface area contributed by atoms with Crippen LogP contribution in [0.3, 0.4) is 0 Å². The van der Waals surface area contributed by atoms with Crippen LogP contribution in [0.2, 0.25) is 0 Å². The molecule has 0 aliphatic carbocycles. The Hall–Kier alpha value is -3.29. The summed E-state index contributed by atoms with van der Waals surface area (Å²) >= 11 is 0. The molecular formula is C17H20N6O2. The number of nitrogens with one attached hydrogen (secondary N) is 2. The third kappa shape index (κ3) is 5.69. The summed E-state index contributed by atoms with van der Waals surface area (Å²) in [7, 11) is 3.89. The van der Waals surface area contributed by atoms with E-state index in [1.165, 1.54) is 18.6 Å². The van der Waals surface area contributed by atoms with Crippen molar-refractivity contribution >= 4 is 28.9 Å². The van der Waals surface area contributed by atoms with Crippen LogP contribution in [0.5, 0.6) is 0 Å². The number of aromatic nitrogens is 2. The van der Waals surface area contributed by atoms with Crippen molar-refractivity contribution in [3.8, 4) is 0 Å². The summed E-state index contributed by atoms with van der Waals surface area (Å²) in [6, 6.07) is 7.49. The number of rotatable bonds is 6. The van der Waals surface area contributed by atoms with Crippen LogP contribution in [-0.2, 0) is 4.79 Å². The number of hydrogen-bond acceptors (Lipinski definition) is 6. The van der Waals surface area contributed by atoms with Gasteiger partial charge in [0.1, 0.15) is 5.69 Å². The fraction of sp³-hybridized carbons (Fsp3) is 0.235. The number of hydrazone groups is 1. The first-order valence-electron chi connectivity index (χ1n) is 7.62. The highest BCUT2D eigenvalue weighted by Crippen LogP contribution is 2.15. The number of amides is 2. The van der Waals surface area contributed by atoms with Gasteiger partial charge in [-0.05, 0) is 31.2 Å². The zero-order valence-electron chi connectivity index (χ0n) is 14.4. The van der Waals surface area contributed by atoms with Gasteiger partial charge >= 0.3 is 0 Å². The molecule has 0 spiro atoms. The average Bonchev–Trinajstić information content (AvgIpc) is 2.60. The standard InChI is InChI=1S/C17H20N6O2/c1-12(21-22-17(25)15-11-18-8-9-19-15)10-16(24)20-13-4-6-14(7-5-13)23(2)3/h4-9,11H,10H2,1-3H3,(H,20,24)(H,22,25). The van der Waals surface area contributed by atoms with Gasteiger partial charge in [-0.1, -0.05) is 0 Å². The van der Waals surface area contributed by atoms with Crippen LogP contribution in [0.15, 0.2) is 48.0 Å². The highest BCUT2D eigenvalue weighted by atomic mass is 16.2. The van der Waals surface area contributed by atoms with Crippen molar-refractivity contribution in [2.24, 2.45) is 5.10 Å². The lowest BCUT2D eigenvalue weighted by molar-refractivity contribution is -0.115. The molecule has 0 saturated carbocycles. The third-order valence-corrected chi connectivity index (χ3v) is 3.23. The molecule has 2 N–H and O–H groups in total. The molecule has 1 aromatic heterocycles.